The normalized spacial score (nSPS) is 10.4. The van der Waals surface area contributed by atoms with Crippen LogP contribution in [0.1, 0.15) is 60.2 Å². The van der Waals surface area contributed by atoms with Crippen LogP contribution in [0.25, 0.3) is 0 Å². The molecule has 0 aliphatic heterocycles. The van der Waals surface area contributed by atoms with E-state index in [0.717, 1.165) is 31.4 Å². The maximum atomic E-state index is 13.4. The van der Waals surface area contributed by atoms with Gasteiger partial charge in [0.25, 0.3) is 11.8 Å². The molecule has 3 rings (SSSR count). The first-order valence-corrected chi connectivity index (χ1v) is 12.8. The zero-order chi connectivity index (χ0) is 25.8. The van der Waals surface area contributed by atoms with Crippen molar-refractivity contribution in [3.05, 3.63) is 90.0 Å². The Morgan fingerprint density at radius 3 is 2.22 bits per heavy atom. The fraction of sp³-hybridized carbons (Fsp3) is 0.276. The number of hydrogen-bond donors (Lipinski definition) is 2. The van der Waals surface area contributed by atoms with Gasteiger partial charge in [-0.25, -0.2) is 0 Å². The minimum absolute atomic E-state index is 0.0979. The van der Waals surface area contributed by atoms with Gasteiger partial charge in [-0.05, 0) is 62.0 Å². The summed E-state index contributed by atoms with van der Waals surface area (Å²) in [5, 5.41) is 5.83. The maximum Gasteiger partial charge on any atom is 0.261 e. The number of amides is 2. The number of nitrogens with one attached hydrogen (secondary N) is 2. The molecule has 0 radical (unpaired) electrons. The second-order valence-corrected chi connectivity index (χ2v) is 8.65. The van der Waals surface area contributed by atoms with E-state index in [4.69, 9.17) is 17.0 Å². The Morgan fingerprint density at radius 2 is 1.50 bits per heavy atom. The molecule has 0 spiro atoms. The van der Waals surface area contributed by atoms with Crippen molar-refractivity contribution in [2.75, 3.05) is 23.4 Å². The largest absolute Gasteiger partial charge is 0.493 e. The average molecular weight is 504 g/mol. The molecule has 36 heavy (non-hydrogen) atoms. The molecule has 0 heterocycles. The van der Waals surface area contributed by atoms with Gasteiger partial charge in [-0.1, -0.05) is 68.7 Å². The van der Waals surface area contributed by atoms with Crippen LogP contribution in [-0.2, 0) is 0 Å². The number of para-hydroxylation sites is 3. The molecule has 7 heteroatoms. The molecule has 188 valence electrons. The Morgan fingerprint density at radius 1 is 0.833 bits per heavy atom. The molecule has 3 aromatic carbocycles. The lowest BCUT2D eigenvalue weighted by Gasteiger charge is -2.23. The first-order valence-electron chi connectivity index (χ1n) is 12.3. The summed E-state index contributed by atoms with van der Waals surface area (Å²) in [6.45, 7) is 5.15. The summed E-state index contributed by atoms with van der Waals surface area (Å²) in [7, 11) is 0. The van der Waals surface area contributed by atoms with Gasteiger partial charge in [0.2, 0.25) is 0 Å². The summed E-state index contributed by atoms with van der Waals surface area (Å²) < 4.78 is 5.86. The van der Waals surface area contributed by atoms with Crippen LogP contribution in [0.3, 0.4) is 0 Å². The summed E-state index contributed by atoms with van der Waals surface area (Å²) in [5.41, 5.74) is 2.18. The molecule has 0 aliphatic carbocycles. The second kappa shape index (κ2) is 14.0. The minimum Gasteiger partial charge on any atom is -0.493 e. The predicted octanol–water partition coefficient (Wildman–Crippen LogP) is 6.44. The Bertz CT molecular complexity index is 1170. The van der Waals surface area contributed by atoms with Crippen LogP contribution in [0.2, 0.25) is 0 Å². The van der Waals surface area contributed by atoms with Crippen molar-refractivity contribution in [1.82, 2.24) is 5.32 Å². The van der Waals surface area contributed by atoms with E-state index in [1.54, 1.807) is 41.3 Å². The molecular weight excluding hydrogens is 470 g/mol. The molecule has 0 saturated carbocycles. The number of carbonyl (C=O) groups is 2. The zero-order valence-corrected chi connectivity index (χ0v) is 21.6. The molecule has 0 atom stereocenters. The molecule has 6 nitrogen and oxygen atoms in total. The highest BCUT2D eigenvalue weighted by Crippen LogP contribution is 2.22. The molecular formula is C29H33N3O3S. The third kappa shape index (κ3) is 7.39. The smallest absolute Gasteiger partial charge is 0.261 e. The summed E-state index contributed by atoms with van der Waals surface area (Å²) in [4.78, 5) is 28.0. The van der Waals surface area contributed by atoms with E-state index >= 15 is 0 Å². The van der Waals surface area contributed by atoms with E-state index in [1.807, 2.05) is 49.4 Å². The van der Waals surface area contributed by atoms with Gasteiger partial charge in [-0.15, -0.1) is 0 Å². The molecule has 2 N–H and O–H groups in total. The lowest BCUT2D eigenvalue weighted by molar-refractivity contribution is 0.0970. The van der Waals surface area contributed by atoms with E-state index in [9.17, 15) is 9.59 Å². The number of hydrogen-bond acceptors (Lipinski definition) is 4. The van der Waals surface area contributed by atoms with Gasteiger partial charge in [0, 0.05) is 12.2 Å². The van der Waals surface area contributed by atoms with Gasteiger partial charge < -0.3 is 15.0 Å². The van der Waals surface area contributed by atoms with Crippen molar-refractivity contribution in [2.45, 2.75) is 39.5 Å². The maximum absolute atomic E-state index is 13.4. The van der Waals surface area contributed by atoms with Crippen molar-refractivity contribution in [3.8, 4) is 5.75 Å². The third-order valence-electron chi connectivity index (χ3n) is 5.65. The van der Waals surface area contributed by atoms with Gasteiger partial charge in [0.15, 0.2) is 5.11 Å². The number of benzene rings is 3. The first-order chi connectivity index (χ1) is 17.5. The van der Waals surface area contributed by atoms with Crippen molar-refractivity contribution < 1.29 is 14.3 Å². The summed E-state index contributed by atoms with van der Waals surface area (Å²) in [6.07, 6.45) is 4.35. The van der Waals surface area contributed by atoms with Gasteiger partial charge in [-0.3, -0.25) is 14.9 Å². The topological polar surface area (TPSA) is 70.7 Å². The van der Waals surface area contributed by atoms with E-state index in [1.165, 1.54) is 0 Å². The Kier molecular flexibility index (Phi) is 10.5. The average Bonchev–Trinajstić information content (AvgIpc) is 2.90. The molecule has 0 aromatic heterocycles. The van der Waals surface area contributed by atoms with Crippen LogP contribution in [0.15, 0.2) is 78.9 Å². The van der Waals surface area contributed by atoms with E-state index in [0.29, 0.717) is 35.7 Å². The highest BCUT2D eigenvalue weighted by Gasteiger charge is 2.20. The number of rotatable bonds is 11. The van der Waals surface area contributed by atoms with Crippen LogP contribution in [0.4, 0.5) is 11.4 Å². The van der Waals surface area contributed by atoms with Crippen LogP contribution in [0.5, 0.6) is 5.75 Å². The summed E-state index contributed by atoms with van der Waals surface area (Å²) in [6, 6.07) is 23.7. The Hall–Kier alpha value is -3.71. The van der Waals surface area contributed by atoms with Crippen molar-refractivity contribution in [1.29, 1.82) is 0 Å². The van der Waals surface area contributed by atoms with Crippen LogP contribution in [0, 0.1) is 0 Å². The lowest BCUT2D eigenvalue weighted by Crippen LogP contribution is -2.36. The quantitative estimate of drug-likeness (QED) is 0.233. The number of nitrogens with zero attached hydrogens (tertiary/aromatic N) is 1. The number of carbonyl (C=O) groups excluding carboxylic acids is 2. The fourth-order valence-corrected chi connectivity index (χ4v) is 3.99. The Labute approximate surface area is 218 Å². The first kappa shape index (κ1) is 26.9. The standard InChI is InChI=1S/C29H33N3O3S/c1-3-5-6-14-21-35-26-20-13-11-18-24(26)27(33)31-29(36)30-25-19-12-10-17-23(25)28(34)32(4-2)22-15-8-7-9-16-22/h7-13,15-20H,3-6,14,21H2,1-2H3,(H2,30,31,33,36). The fourth-order valence-electron chi connectivity index (χ4n) is 3.79. The van der Waals surface area contributed by atoms with Crippen molar-refractivity contribution in [3.63, 3.8) is 0 Å². The van der Waals surface area contributed by atoms with Crippen LogP contribution >= 0.6 is 12.2 Å². The Balaban J connectivity index is 1.68. The molecule has 0 bridgehead atoms. The number of ether oxygens (including phenoxy) is 1. The molecule has 0 unspecified atom stereocenters. The molecule has 2 amide bonds. The SMILES string of the molecule is CCCCCCOc1ccccc1C(=O)NC(=S)Nc1ccccc1C(=O)N(CC)c1ccccc1. The number of anilines is 2. The third-order valence-corrected chi connectivity index (χ3v) is 5.85. The molecule has 0 fully saturated rings. The highest BCUT2D eigenvalue weighted by molar-refractivity contribution is 7.80. The van der Waals surface area contributed by atoms with E-state index < -0.39 is 0 Å². The second-order valence-electron chi connectivity index (χ2n) is 8.24. The van der Waals surface area contributed by atoms with Gasteiger partial charge in [-0.2, -0.15) is 0 Å². The number of unbranched alkanes of at least 4 members (excludes halogenated alkanes) is 3. The molecule has 0 aliphatic rings. The van der Waals surface area contributed by atoms with Crippen LogP contribution < -0.4 is 20.3 Å². The lowest BCUT2D eigenvalue weighted by atomic mass is 10.1. The highest BCUT2D eigenvalue weighted by atomic mass is 32.1. The van der Waals surface area contributed by atoms with Crippen LogP contribution in [-0.4, -0.2) is 30.1 Å². The molecule has 0 saturated heterocycles. The van der Waals surface area contributed by atoms with E-state index in [-0.39, 0.29) is 16.9 Å². The van der Waals surface area contributed by atoms with Crippen molar-refractivity contribution in [2.24, 2.45) is 0 Å². The minimum atomic E-state index is -0.375. The molecule has 3 aromatic rings. The predicted molar refractivity (Wildman–Crippen MR) is 150 cm³/mol. The summed E-state index contributed by atoms with van der Waals surface area (Å²) >= 11 is 5.42. The van der Waals surface area contributed by atoms with Gasteiger partial charge in [0.05, 0.1) is 23.4 Å². The van der Waals surface area contributed by atoms with Gasteiger partial charge >= 0.3 is 0 Å². The zero-order valence-electron chi connectivity index (χ0n) is 20.8. The van der Waals surface area contributed by atoms with Crippen molar-refractivity contribution >= 4 is 40.5 Å². The van der Waals surface area contributed by atoms with Gasteiger partial charge in [0.1, 0.15) is 5.75 Å². The summed E-state index contributed by atoms with van der Waals surface area (Å²) in [5.74, 6) is -0.0194. The number of thiocarbonyl (C=S) groups is 1. The monoisotopic (exact) mass is 503 g/mol. The van der Waals surface area contributed by atoms with E-state index in [2.05, 4.69) is 17.6 Å².